The lowest BCUT2D eigenvalue weighted by atomic mass is 9.84. The molecule has 2 amide bonds. The molecule has 9 nitrogen and oxygen atoms in total. The van der Waals surface area contributed by atoms with Crippen LogP contribution in [0.2, 0.25) is 0 Å². The summed E-state index contributed by atoms with van der Waals surface area (Å²) >= 11 is 0. The Morgan fingerprint density at radius 1 is 1.14 bits per heavy atom. The maximum atomic E-state index is 13.8. The van der Waals surface area contributed by atoms with Gasteiger partial charge in [-0.15, -0.1) is 0 Å². The number of hydrogen-bond acceptors (Lipinski definition) is 6. The lowest BCUT2D eigenvalue weighted by Gasteiger charge is -2.33. The highest BCUT2D eigenvalue weighted by Gasteiger charge is 2.34. The zero-order valence-electron chi connectivity index (χ0n) is 20.9. The second kappa shape index (κ2) is 11.9. The molecule has 2 aromatic carbocycles. The first-order chi connectivity index (χ1) is 17.9. The van der Waals surface area contributed by atoms with Crippen molar-refractivity contribution >= 4 is 17.8 Å². The number of ether oxygens (including phenoxy) is 3. The van der Waals surface area contributed by atoms with Gasteiger partial charge in [0.2, 0.25) is 18.6 Å². The van der Waals surface area contributed by atoms with Crippen LogP contribution in [0, 0.1) is 17.1 Å². The van der Waals surface area contributed by atoms with Crippen LogP contribution >= 0.6 is 0 Å². The van der Waals surface area contributed by atoms with E-state index in [1.165, 1.54) is 19.2 Å². The van der Waals surface area contributed by atoms with Gasteiger partial charge in [0.05, 0.1) is 13.5 Å². The molecule has 10 heteroatoms. The van der Waals surface area contributed by atoms with E-state index in [4.69, 9.17) is 25.4 Å². The highest BCUT2D eigenvalue weighted by atomic mass is 19.1. The molecule has 0 unspecified atom stereocenters. The molecule has 1 aliphatic carbocycles. The molecule has 0 saturated heterocycles. The van der Waals surface area contributed by atoms with Gasteiger partial charge < -0.3 is 25.3 Å². The largest absolute Gasteiger partial charge is 0.494 e. The summed E-state index contributed by atoms with van der Waals surface area (Å²) in [7, 11) is 1.37. The van der Waals surface area contributed by atoms with Crippen molar-refractivity contribution in [2.24, 2.45) is 11.7 Å². The summed E-state index contributed by atoms with van der Waals surface area (Å²) in [5.74, 6) is -0.369. The third-order valence-electron chi connectivity index (χ3n) is 6.90. The molecule has 37 heavy (non-hydrogen) atoms. The third kappa shape index (κ3) is 6.49. The number of fused-ring (bicyclic) bond motifs is 1. The molecule has 0 spiro atoms. The minimum Gasteiger partial charge on any atom is -0.494 e. The topological polar surface area (TPSA) is 127 Å². The minimum atomic E-state index is -0.940. The van der Waals surface area contributed by atoms with Crippen molar-refractivity contribution < 1.29 is 28.2 Å². The van der Waals surface area contributed by atoms with Crippen LogP contribution < -0.4 is 25.3 Å². The number of benzene rings is 2. The van der Waals surface area contributed by atoms with E-state index in [-0.39, 0.29) is 31.4 Å². The predicted molar refractivity (Wildman–Crippen MR) is 135 cm³/mol. The highest BCUT2D eigenvalue weighted by molar-refractivity contribution is 6.00. The molecule has 0 radical (unpaired) electrons. The minimum absolute atomic E-state index is 0.0557. The van der Waals surface area contributed by atoms with Gasteiger partial charge >= 0.3 is 0 Å². The smallest absolute Gasteiger partial charge is 0.243 e. The van der Waals surface area contributed by atoms with Crippen LogP contribution in [0.25, 0.3) is 0 Å². The molecular formula is C27H33FN4O5. The lowest BCUT2D eigenvalue weighted by molar-refractivity contribution is -0.136. The second-order valence-electron chi connectivity index (χ2n) is 9.46. The molecule has 4 rings (SSSR count). The third-order valence-corrected chi connectivity index (χ3v) is 6.90. The van der Waals surface area contributed by atoms with Gasteiger partial charge in [-0.1, -0.05) is 44.2 Å². The molecule has 1 fully saturated rings. The number of nitrogens with zero attached hydrogens (tertiary/aromatic N) is 1. The van der Waals surface area contributed by atoms with E-state index in [2.05, 4.69) is 5.32 Å². The SMILES string of the molecule is COc1cc(CNC(=O)[C@@H](CC2CCCCC2)N(C(=N)N)C(=O)Cc2ccc3c(c2)OCO3)ccc1F. The molecule has 1 aliphatic heterocycles. The average Bonchev–Trinajstić information content (AvgIpc) is 3.36. The number of halogens is 1. The normalized spacial score (nSPS) is 15.6. The van der Waals surface area contributed by atoms with Crippen molar-refractivity contribution in [3.8, 4) is 17.2 Å². The van der Waals surface area contributed by atoms with Gasteiger partial charge in [0.1, 0.15) is 6.04 Å². The molecule has 2 aliphatic rings. The predicted octanol–water partition coefficient (Wildman–Crippen LogP) is 3.48. The van der Waals surface area contributed by atoms with Gasteiger partial charge in [-0.25, -0.2) is 4.39 Å². The Balaban J connectivity index is 1.52. The fourth-order valence-electron chi connectivity index (χ4n) is 4.98. The van der Waals surface area contributed by atoms with Crippen LogP contribution in [-0.2, 0) is 22.6 Å². The number of guanidine groups is 1. The summed E-state index contributed by atoms with van der Waals surface area (Å²) in [5, 5.41) is 11.0. The number of hydrogen-bond donors (Lipinski definition) is 3. The zero-order valence-corrected chi connectivity index (χ0v) is 20.9. The molecule has 0 aromatic heterocycles. The Hall–Kier alpha value is -3.82. The molecule has 198 valence electrons. The van der Waals surface area contributed by atoms with Crippen molar-refractivity contribution in [2.45, 2.75) is 57.5 Å². The number of carbonyl (C=O) groups excluding carboxylic acids is 2. The molecular weight excluding hydrogens is 479 g/mol. The fraction of sp³-hybridized carbons (Fsp3) is 0.444. The number of rotatable bonds is 9. The maximum Gasteiger partial charge on any atom is 0.243 e. The van der Waals surface area contributed by atoms with E-state index in [0.29, 0.717) is 29.0 Å². The van der Waals surface area contributed by atoms with Gasteiger partial charge in [0, 0.05) is 6.54 Å². The molecule has 1 atom stereocenters. The van der Waals surface area contributed by atoms with Gasteiger partial charge in [0.15, 0.2) is 29.0 Å². The van der Waals surface area contributed by atoms with Gasteiger partial charge in [0.25, 0.3) is 0 Å². The van der Waals surface area contributed by atoms with Crippen LogP contribution in [0.3, 0.4) is 0 Å². The van der Waals surface area contributed by atoms with Crippen LogP contribution in [0.1, 0.15) is 49.7 Å². The van der Waals surface area contributed by atoms with Gasteiger partial charge in [-0.2, -0.15) is 0 Å². The Morgan fingerprint density at radius 3 is 2.59 bits per heavy atom. The molecule has 1 saturated carbocycles. The van der Waals surface area contributed by atoms with Gasteiger partial charge in [-0.05, 0) is 47.7 Å². The van der Waals surface area contributed by atoms with Gasteiger partial charge in [-0.3, -0.25) is 19.9 Å². The van der Waals surface area contributed by atoms with Crippen LogP contribution in [0.4, 0.5) is 4.39 Å². The van der Waals surface area contributed by atoms with E-state index < -0.39 is 29.6 Å². The van der Waals surface area contributed by atoms with Crippen molar-refractivity contribution in [2.75, 3.05) is 13.9 Å². The van der Waals surface area contributed by atoms with Crippen LogP contribution in [0.5, 0.6) is 17.2 Å². The maximum absolute atomic E-state index is 13.8. The summed E-state index contributed by atoms with van der Waals surface area (Å²) in [6, 6.07) is 8.60. The first-order valence-electron chi connectivity index (χ1n) is 12.5. The van der Waals surface area contributed by atoms with Crippen molar-refractivity contribution in [1.29, 1.82) is 5.41 Å². The van der Waals surface area contributed by atoms with Crippen molar-refractivity contribution in [1.82, 2.24) is 10.2 Å². The van der Waals surface area contributed by atoms with E-state index in [9.17, 15) is 14.0 Å². The summed E-state index contributed by atoms with van der Waals surface area (Å²) in [5.41, 5.74) is 7.20. The van der Waals surface area contributed by atoms with E-state index in [0.717, 1.165) is 37.0 Å². The Morgan fingerprint density at radius 2 is 1.86 bits per heavy atom. The molecule has 1 heterocycles. The number of nitrogens with one attached hydrogen (secondary N) is 2. The Kier molecular flexibility index (Phi) is 8.47. The monoisotopic (exact) mass is 512 g/mol. The molecule has 4 N–H and O–H groups in total. The van der Waals surface area contributed by atoms with Crippen LogP contribution in [0.15, 0.2) is 36.4 Å². The Labute approximate surface area is 215 Å². The molecule has 2 aromatic rings. The summed E-state index contributed by atoms with van der Waals surface area (Å²) < 4.78 is 29.5. The summed E-state index contributed by atoms with van der Waals surface area (Å²) in [4.78, 5) is 28.0. The Bertz CT molecular complexity index is 1150. The summed E-state index contributed by atoms with van der Waals surface area (Å²) in [6.45, 7) is 0.231. The quantitative estimate of drug-likeness (QED) is 0.349. The first-order valence-corrected chi connectivity index (χ1v) is 12.5. The summed E-state index contributed by atoms with van der Waals surface area (Å²) in [6.07, 6.45) is 5.56. The van der Waals surface area contributed by atoms with E-state index in [1.54, 1.807) is 24.3 Å². The first kappa shape index (κ1) is 26.2. The number of amides is 2. The fourth-order valence-corrected chi connectivity index (χ4v) is 4.98. The number of methoxy groups -OCH3 is 1. The van der Waals surface area contributed by atoms with Crippen molar-refractivity contribution in [3.05, 3.63) is 53.3 Å². The van der Waals surface area contributed by atoms with E-state index in [1.807, 2.05) is 0 Å². The van der Waals surface area contributed by atoms with E-state index >= 15 is 0 Å². The number of carbonyl (C=O) groups is 2. The molecule has 0 bridgehead atoms. The standard InChI is InChI=1S/C27H33FN4O5/c1-35-23-13-19(7-9-20(23)28)15-31-26(34)21(11-17-5-3-2-4-6-17)32(27(29)30)25(33)14-18-8-10-22-24(12-18)37-16-36-22/h7-10,12-13,17,21H,2-6,11,14-16H2,1H3,(H3,29,30)(H,31,34)/t21-/m1/s1. The average molecular weight is 513 g/mol. The number of nitrogens with two attached hydrogens (primary N) is 1. The van der Waals surface area contributed by atoms with Crippen LogP contribution in [-0.4, -0.2) is 42.6 Å². The zero-order chi connectivity index (χ0) is 26.4. The lowest BCUT2D eigenvalue weighted by Crippen LogP contribution is -2.55. The van der Waals surface area contributed by atoms with Crippen molar-refractivity contribution in [3.63, 3.8) is 0 Å². The second-order valence-corrected chi connectivity index (χ2v) is 9.46. The highest BCUT2D eigenvalue weighted by Crippen LogP contribution is 2.33.